The van der Waals surface area contributed by atoms with E-state index in [1.54, 1.807) is 6.07 Å². The van der Waals surface area contributed by atoms with Crippen molar-refractivity contribution in [2.24, 2.45) is 0 Å². The van der Waals surface area contributed by atoms with E-state index in [-0.39, 0.29) is 41.2 Å². The second kappa shape index (κ2) is 10.1. The average Bonchev–Trinajstić information content (AvgIpc) is 2.68. The van der Waals surface area contributed by atoms with E-state index in [1.807, 2.05) is 0 Å². The Kier molecular flexibility index (Phi) is 7.66. The number of hydrogen-bond donors (Lipinski definition) is 1. The normalized spacial score (nSPS) is 19.5. The van der Waals surface area contributed by atoms with Crippen LogP contribution in [-0.4, -0.2) is 56.7 Å². The molecule has 0 spiro atoms. The number of nitrogens with one attached hydrogen (secondary N) is 1. The summed E-state index contributed by atoms with van der Waals surface area (Å²) in [5, 5.41) is 3.50. The molecule has 170 valence electrons. The van der Waals surface area contributed by atoms with Crippen LogP contribution < -0.4 is 10.1 Å². The molecule has 0 radical (unpaired) electrons. The van der Waals surface area contributed by atoms with Crippen molar-refractivity contribution in [3.05, 3.63) is 35.0 Å². The lowest BCUT2D eigenvalue weighted by Gasteiger charge is -2.29. The second-order valence-corrected chi connectivity index (χ2v) is 10.2. The van der Waals surface area contributed by atoms with Crippen LogP contribution in [0, 0.1) is 0 Å². The van der Waals surface area contributed by atoms with E-state index >= 15 is 0 Å². The van der Waals surface area contributed by atoms with Gasteiger partial charge in [0.2, 0.25) is 0 Å². The molecule has 0 atom stereocenters. The number of aromatic nitrogens is 1. The molecule has 7 nitrogen and oxygen atoms in total. The van der Waals surface area contributed by atoms with Gasteiger partial charge in [-0.25, -0.2) is 8.42 Å². The number of sulfone groups is 1. The predicted molar refractivity (Wildman–Crippen MR) is 113 cm³/mol. The minimum absolute atomic E-state index is 0.00125. The monoisotopic (exact) mass is 476 g/mol. The number of carbonyl (C=O) groups excluding carboxylic acids is 1. The molecule has 1 aliphatic carbocycles. The number of fused-ring (bicyclic) bond motifs is 1. The summed E-state index contributed by atoms with van der Waals surface area (Å²) in [6.45, 7) is -2.82. The summed E-state index contributed by atoms with van der Waals surface area (Å²) in [5.41, 5.74) is 0.709. The third-order valence-corrected chi connectivity index (χ3v) is 6.23. The fraction of sp³-hybridized carbons (Fsp3) is 0.500. The first-order valence-corrected chi connectivity index (χ1v) is 12.2. The van der Waals surface area contributed by atoms with Crippen LogP contribution in [0.1, 0.15) is 36.0 Å². The lowest BCUT2D eigenvalue weighted by Crippen LogP contribution is -2.39. The van der Waals surface area contributed by atoms with Gasteiger partial charge < -0.3 is 14.8 Å². The zero-order valence-corrected chi connectivity index (χ0v) is 18.4. The Hall–Kier alpha value is -2.04. The number of hydrogen-bond acceptors (Lipinski definition) is 6. The Labute approximate surface area is 184 Å². The van der Waals surface area contributed by atoms with Crippen LogP contribution in [0.5, 0.6) is 5.75 Å². The highest BCUT2D eigenvalue weighted by Gasteiger charge is 2.24. The van der Waals surface area contributed by atoms with Crippen LogP contribution in [0.2, 0.25) is 5.02 Å². The Morgan fingerprint density at radius 1 is 1.26 bits per heavy atom. The van der Waals surface area contributed by atoms with Crippen molar-refractivity contribution in [2.75, 3.05) is 18.6 Å². The van der Waals surface area contributed by atoms with Crippen LogP contribution in [0.3, 0.4) is 0 Å². The van der Waals surface area contributed by atoms with Crippen LogP contribution >= 0.6 is 11.6 Å². The van der Waals surface area contributed by atoms with Crippen molar-refractivity contribution in [3.63, 3.8) is 0 Å². The highest BCUT2D eigenvalue weighted by molar-refractivity contribution is 7.90. The molecule has 1 aromatic carbocycles. The van der Waals surface area contributed by atoms with Crippen molar-refractivity contribution in [1.29, 1.82) is 0 Å². The van der Waals surface area contributed by atoms with Gasteiger partial charge in [-0.2, -0.15) is 8.78 Å². The van der Waals surface area contributed by atoms with Gasteiger partial charge >= 0.3 is 6.61 Å². The summed E-state index contributed by atoms with van der Waals surface area (Å²) in [6.07, 6.45) is 5.43. The standard InChI is InChI=1S/C20H23ClF2N2O5S/c1-31(27,28)7-6-29-15-4-2-14(3-5-15)25-19(26)13-8-12-9-16(21)18(30-20(22)23)10-17(12)24-11-13/h8-11,14-15,20H,2-7H2,1H3,(H,25,26). The van der Waals surface area contributed by atoms with Crippen molar-refractivity contribution < 1.29 is 31.5 Å². The molecule has 11 heteroatoms. The van der Waals surface area contributed by atoms with Crippen LogP contribution in [0.25, 0.3) is 10.9 Å². The zero-order chi connectivity index (χ0) is 22.6. The molecule has 2 aromatic rings. The fourth-order valence-electron chi connectivity index (χ4n) is 3.45. The first kappa shape index (κ1) is 23.6. The number of rotatable bonds is 8. The van der Waals surface area contributed by atoms with Crippen molar-refractivity contribution >= 4 is 38.2 Å². The summed E-state index contributed by atoms with van der Waals surface area (Å²) in [5.74, 6) is -0.470. The molecule has 1 aliphatic rings. The molecule has 0 aliphatic heterocycles. The van der Waals surface area contributed by atoms with Gasteiger partial charge in [0, 0.05) is 29.9 Å². The summed E-state index contributed by atoms with van der Waals surface area (Å²) in [7, 11) is -3.05. The lowest BCUT2D eigenvalue weighted by molar-refractivity contribution is -0.0497. The van der Waals surface area contributed by atoms with E-state index in [2.05, 4.69) is 15.0 Å². The SMILES string of the molecule is CS(=O)(=O)CCOC1CCC(NC(=O)c2cnc3cc(OC(F)F)c(Cl)cc3c2)CC1. The largest absolute Gasteiger partial charge is 0.433 e. The van der Waals surface area contributed by atoms with E-state index in [0.717, 1.165) is 25.7 Å². The summed E-state index contributed by atoms with van der Waals surface area (Å²) >= 11 is 5.98. The number of carbonyl (C=O) groups is 1. The first-order chi connectivity index (χ1) is 14.6. The maximum Gasteiger partial charge on any atom is 0.387 e. The first-order valence-electron chi connectivity index (χ1n) is 9.75. The van der Waals surface area contributed by atoms with Gasteiger partial charge in [-0.05, 0) is 37.8 Å². The molecule has 31 heavy (non-hydrogen) atoms. The number of pyridine rings is 1. The third-order valence-electron chi connectivity index (χ3n) is 5.03. The maximum absolute atomic E-state index is 12.6. The van der Waals surface area contributed by atoms with Crippen molar-refractivity contribution in [1.82, 2.24) is 10.3 Å². The Morgan fingerprint density at radius 2 is 1.97 bits per heavy atom. The third kappa shape index (κ3) is 6.98. The summed E-state index contributed by atoms with van der Waals surface area (Å²) in [6, 6.07) is 4.30. The van der Waals surface area contributed by atoms with E-state index in [1.165, 1.54) is 24.6 Å². The molecule has 1 saturated carbocycles. The molecule has 1 fully saturated rings. The predicted octanol–water partition coefficient (Wildman–Crippen LogP) is 3.59. The molecular formula is C20H23ClF2N2O5S. The Morgan fingerprint density at radius 3 is 2.61 bits per heavy atom. The van der Waals surface area contributed by atoms with Crippen LogP contribution in [0.4, 0.5) is 8.78 Å². The van der Waals surface area contributed by atoms with Gasteiger partial charge in [0.25, 0.3) is 5.91 Å². The molecule has 1 heterocycles. The molecule has 0 saturated heterocycles. The highest BCUT2D eigenvalue weighted by Crippen LogP contribution is 2.31. The average molecular weight is 477 g/mol. The minimum Gasteiger partial charge on any atom is -0.433 e. The van der Waals surface area contributed by atoms with Gasteiger partial charge in [0.05, 0.1) is 34.6 Å². The van der Waals surface area contributed by atoms with Crippen molar-refractivity contribution in [3.8, 4) is 5.75 Å². The van der Waals surface area contributed by atoms with Crippen molar-refractivity contribution in [2.45, 2.75) is 44.4 Å². The summed E-state index contributed by atoms with van der Waals surface area (Å²) in [4.78, 5) is 16.8. The van der Waals surface area contributed by atoms with Crippen LogP contribution in [-0.2, 0) is 14.6 Å². The quantitative estimate of drug-likeness (QED) is 0.625. The van der Waals surface area contributed by atoms with Gasteiger partial charge in [0.1, 0.15) is 15.6 Å². The number of benzene rings is 1. The second-order valence-electron chi connectivity index (χ2n) is 7.53. The number of ether oxygens (including phenoxy) is 2. The Bertz CT molecular complexity index is 1040. The van der Waals surface area contributed by atoms with Gasteiger partial charge in [0.15, 0.2) is 0 Å². The minimum atomic E-state index is -3.05. The molecule has 0 bridgehead atoms. The fourth-order valence-corrected chi connectivity index (χ4v) is 4.06. The number of halogens is 3. The van der Waals surface area contributed by atoms with E-state index < -0.39 is 16.4 Å². The smallest absolute Gasteiger partial charge is 0.387 e. The summed E-state index contributed by atoms with van der Waals surface area (Å²) < 4.78 is 57.2. The zero-order valence-electron chi connectivity index (χ0n) is 16.8. The van der Waals surface area contributed by atoms with E-state index in [9.17, 15) is 22.0 Å². The number of amides is 1. The maximum atomic E-state index is 12.6. The number of nitrogens with zero attached hydrogens (tertiary/aromatic N) is 1. The molecular weight excluding hydrogens is 454 g/mol. The van der Waals surface area contributed by atoms with Gasteiger partial charge in [-0.3, -0.25) is 9.78 Å². The van der Waals surface area contributed by atoms with E-state index in [4.69, 9.17) is 16.3 Å². The van der Waals surface area contributed by atoms with Crippen LogP contribution in [0.15, 0.2) is 24.4 Å². The van der Waals surface area contributed by atoms with Gasteiger partial charge in [-0.15, -0.1) is 0 Å². The number of alkyl halides is 2. The Balaban J connectivity index is 1.56. The molecule has 1 aromatic heterocycles. The molecule has 3 rings (SSSR count). The molecule has 1 amide bonds. The molecule has 0 unspecified atom stereocenters. The lowest BCUT2D eigenvalue weighted by atomic mass is 9.92. The van der Waals surface area contributed by atoms with Gasteiger partial charge in [-0.1, -0.05) is 11.6 Å². The molecule has 1 N–H and O–H groups in total. The van der Waals surface area contributed by atoms with E-state index in [0.29, 0.717) is 16.5 Å². The highest BCUT2D eigenvalue weighted by atomic mass is 35.5. The topological polar surface area (TPSA) is 94.6 Å².